The molecule has 0 spiro atoms. The minimum absolute atomic E-state index is 0.0433. The van der Waals surface area contributed by atoms with E-state index in [1.54, 1.807) is 36.1 Å². The van der Waals surface area contributed by atoms with Crippen molar-refractivity contribution < 1.29 is 14.0 Å². The van der Waals surface area contributed by atoms with E-state index in [1.807, 2.05) is 13.8 Å². The summed E-state index contributed by atoms with van der Waals surface area (Å²) in [6.07, 6.45) is 1.10. The molecule has 0 aliphatic carbocycles. The van der Waals surface area contributed by atoms with Crippen molar-refractivity contribution in [1.82, 2.24) is 10.2 Å². The van der Waals surface area contributed by atoms with Crippen LogP contribution in [-0.2, 0) is 11.3 Å². The lowest BCUT2D eigenvalue weighted by Crippen LogP contribution is -2.50. The second-order valence-corrected chi connectivity index (χ2v) is 11.1. The van der Waals surface area contributed by atoms with Gasteiger partial charge in [0.25, 0.3) is 5.91 Å². The van der Waals surface area contributed by atoms with Crippen LogP contribution in [0.4, 0.5) is 4.39 Å². The molecule has 1 heterocycles. The topological polar surface area (TPSA) is 61.8 Å². The Morgan fingerprint density at radius 2 is 1.75 bits per heavy atom. The third kappa shape index (κ3) is 6.46. The third-order valence-electron chi connectivity index (χ3n) is 7.05. The van der Waals surface area contributed by atoms with Crippen molar-refractivity contribution in [3.05, 3.63) is 69.0 Å². The van der Waals surface area contributed by atoms with Gasteiger partial charge in [-0.15, -0.1) is 0 Å². The molecule has 3 rings (SSSR count). The number of nitrogens with one attached hydrogen (secondary N) is 1. The molecule has 0 bridgehead atoms. The zero-order chi connectivity index (χ0) is 26.8. The van der Waals surface area contributed by atoms with Gasteiger partial charge in [0.05, 0.1) is 24.5 Å². The summed E-state index contributed by atoms with van der Waals surface area (Å²) < 4.78 is 14.6. The molecule has 2 aromatic rings. The second kappa shape index (κ2) is 11.3. The molecule has 0 saturated carbocycles. The van der Waals surface area contributed by atoms with E-state index in [0.29, 0.717) is 21.4 Å². The molecule has 8 heteroatoms. The van der Waals surface area contributed by atoms with Crippen LogP contribution in [0.25, 0.3) is 0 Å². The lowest BCUT2D eigenvalue weighted by atomic mass is 9.83. The average molecular weight is 535 g/mol. The Kier molecular flexibility index (Phi) is 8.84. The first-order chi connectivity index (χ1) is 16.8. The predicted molar refractivity (Wildman–Crippen MR) is 144 cm³/mol. The summed E-state index contributed by atoms with van der Waals surface area (Å²) in [6.45, 7) is 12.2. The minimum atomic E-state index is -0.547. The maximum absolute atomic E-state index is 14.6. The summed E-state index contributed by atoms with van der Waals surface area (Å²) in [5.74, 6) is -0.0514. The molecule has 2 amide bonds. The molecular formula is C28H34Cl2FN3O2. The molecule has 0 fully saturated rings. The quantitative estimate of drug-likeness (QED) is 0.389. The van der Waals surface area contributed by atoms with Crippen LogP contribution in [-0.4, -0.2) is 28.1 Å². The molecule has 2 aromatic carbocycles. The van der Waals surface area contributed by atoms with E-state index in [-0.39, 0.29) is 36.3 Å². The molecule has 0 aromatic heterocycles. The number of carbonyl (C=O) groups is 2. The Morgan fingerprint density at radius 1 is 1.11 bits per heavy atom. The van der Waals surface area contributed by atoms with Crippen LogP contribution >= 0.6 is 23.2 Å². The van der Waals surface area contributed by atoms with E-state index < -0.39 is 23.3 Å². The van der Waals surface area contributed by atoms with E-state index in [9.17, 15) is 14.0 Å². The summed E-state index contributed by atoms with van der Waals surface area (Å²) in [6, 6.07) is 8.82. The molecule has 0 saturated heterocycles. The molecule has 3 atom stereocenters. The van der Waals surface area contributed by atoms with Crippen molar-refractivity contribution in [2.45, 2.75) is 72.5 Å². The van der Waals surface area contributed by atoms with Crippen molar-refractivity contribution in [3.63, 3.8) is 0 Å². The molecule has 0 radical (unpaired) electrons. The van der Waals surface area contributed by atoms with E-state index in [2.05, 4.69) is 26.1 Å². The fraction of sp³-hybridized carbons (Fsp3) is 0.464. The molecule has 1 N–H and O–H groups in total. The summed E-state index contributed by atoms with van der Waals surface area (Å²) in [5.41, 5.74) is 0.956. The molecule has 3 unspecified atom stereocenters. The summed E-state index contributed by atoms with van der Waals surface area (Å²) in [5, 5.41) is 3.79. The highest BCUT2D eigenvalue weighted by Gasteiger charge is 2.40. The van der Waals surface area contributed by atoms with Gasteiger partial charge in [0.15, 0.2) is 0 Å². The van der Waals surface area contributed by atoms with Gasteiger partial charge < -0.3 is 5.32 Å². The van der Waals surface area contributed by atoms with Crippen LogP contribution in [0.5, 0.6) is 0 Å². The van der Waals surface area contributed by atoms with Crippen LogP contribution in [0.3, 0.4) is 0 Å². The second-order valence-electron chi connectivity index (χ2n) is 10.2. The number of carbonyl (C=O) groups excluding carboxylic acids is 2. The number of benzene rings is 2. The van der Waals surface area contributed by atoms with Gasteiger partial charge in [-0.25, -0.2) is 4.39 Å². The maximum Gasteiger partial charge on any atom is 0.251 e. The van der Waals surface area contributed by atoms with E-state index >= 15 is 0 Å². The number of amides is 2. The Balaban J connectivity index is 1.86. The van der Waals surface area contributed by atoms with Crippen LogP contribution < -0.4 is 5.32 Å². The number of nitrogens with zero attached hydrogens (tertiary/aromatic N) is 2. The van der Waals surface area contributed by atoms with Crippen LogP contribution in [0.15, 0.2) is 41.4 Å². The van der Waals surface area contributed by atoms with Crippen LogP contribution in [0, 0.1) is 17.7 Å². The number of hydrogen-bond donors (Lipinski definition) is 1. The Labute approximate surface area is 223 Å². The summed E-state index contributed by atoms with van der Waals surface area (Å²) in [7, 11) is 0. The first-order valence-corrected chi connectivity index (χ1v) is 13.0. The van der Waals surface area contributed by atoms with E-state index in [0.717, 1.165) is 12.0 Å². The molecule has 1 aliphatic rings. The molecular weight excluding hydrogens is 500 g/mol. The molecule has 194 valence electrons. The maximum atomic E-state index is 14.6. The smallest absolute Gasteiger partial charge is 0.251 e. The Bertz CT molecular complexity index is 1160. The summed E-state index contributed by atoms with van der Waals surface area (Å²) >= 11 is 12.2. The van der Waals surface area contributed by atoms with E-state index in [4.69, 9.17) is 28.2 Å². The zero-order valence-electron chi connectivity index (χ0n) is 21.7. The Hall–Kier alpha value is -2.44. The highest BCUT2D eigenvalue weighted by atomic mass is 35.5. The van der Waals surface area contributed by atoms with Gasteiger partial charge in [-0.1, -0.05) is 50.9 Å². The molecule has 1 aliphatic heterocycles. The van der Waals surface area contributed by atoms with Crippen molar-refractivity contribution >= 4 is 40.9 Å². The van der Waals surface area contributed by atoms with Crippen molar-refractivity contribution in [3.8, 4) is 0 Å². The van der Waals surface area contributed by atoms with Gasteiger partial charge in [-0.3, -0.25) is 19.5 Å². The first-order valence-electron chi connectivity index (χ1n) is 12.3. The highest BCUT2D eigenvalue weighted by Crippen LogP contribution is 2.33. The van der Waals surface area contributed by atoms with Crippen LogP contribution in [0.1, 0.15) is 81.9 Å². The fourth-order valence-corrected chi connectivity index (χ4v) is 4.74. The number of rotatable bonds is 8. The van der Waals surface area contributed by atoms with Gasteiger partial charge in [0.1, 0.15) is 11.7 Å². The SMILES string of the molecule is CCC(C)C1=NC(C)(C(C)C)CC(=O)N1Cc1cc(F)cc(C(=O)NC(C)c2cc(Cl)cc(Cl)c2)c1. The van der Waals surface area contributed by atoms with Crippen molar-refractivity contribution in [2.24, 2.45) is 16.8 Å². The van der Waals surface area contributed by atoms with Gasteiger partial charge in [0, 0.05) is 21.5 Å². The van der Waals surface area contributed by atoms with Gasteiger partial charge in [-0.05, 0) is 73.7 Å². The fourth-order valence-electron chi connectivity index (χ4n) is 4.20. The number of amidine groups is 1. The monoisotopic (exact) mass is 533 g/mol. The third-order valence-corrected chi connectivity index (χ3v) is 7.48. The normalized spacial score (nSPS) is 19.8. The minimum Gasteiger partial charge on any atom is -0.346 e. The first kappa shape index (κ1) is 28.1. The van der Waals surface area contributed by atoms with Crippen molar-refractivity contribution in [1.29, 1.82) is 0 Å². The lowest BCUT2D eigenvalue weighted by Gasteiger charge is -2.40. The van der Waals surface area contributed by atoms with E-state index in [1.165, 1.54) is 12.1 Å². The summed E-state index contributed by atoms with van der Waals surface area (Å²) in [4.78, 5) is 32.9. The standard InChI is InChI=1S/C28H34Cl2FN3O2/c1-7-17(4)26-33-28(6,16(2)3)14-25(35)34(26)15-19-8-21(12-24(31)9-19)27(36)32-18(5)20-10-22(29)13-23(30)11-20/h8-13,16-18H,7,14-15H2,1-6H3,(H,32,36). The average Bonchev–Trinajstić information content (AvgIpc) is 2.79. The van der Waals surface area contributed by atoms with Crippen molar-refractivity contribution in [2.75, 3.05) is 0 Å². The Morgan fingerprint density at radius 3 is 2.33 bits per heavy atom. The number of aliphatic imine (C=N–C) groups is 1. The van der Waals surface area contributed by atoms with Gasteiger partial charge >= 0.3 is 0 Å². The van der Waals surface area contributed by atoms with Crippen LogP contribution in [0.2, 0.25) is 10.0 Å². The zero-order valence-corrected chi connectivity index (χ0v) is 23.2. The number of hydrogen-bond acceptors (Lipinski definition) is 3. The largest absolute Gasteiger partial charge is 0.346 e. The predicted octanol–water partition coefficient (Wildman–Crippen LogP) is 7.22. The van der Waals surface area contributed by atoms with Gasteiger partial charge in [0.2, 0.25) is 5.91 Å². The highest BCUT2D eigenvalue weighted by molar-refractivity contribution is 6.34. The van der Waals surface area contributed by atoms with Gasteiger partial charge in [-0.2, -0.15) is 0 Å². The number of halogens is 3. The molecule has 5 nitrogen and oxygen atoms in total. The lowest BCUT2D eigenvalue weighted by molar-refractivity contribution is -0.130. The molecule has 36 heavy (non-hydrogen) atoms.